The summed E-state index contributed by atoms with van der Waals surface area (Å²) >= 11 is 0. The van der Waals surface area contributed by atoms with Crippen LogP contribution in [0.15, 0.2) is 78.9 Å². The second-order valence-corrected chi connectivity index (χ2v) is 5.68. The lowest BCUT2D eigenvalue weighted by molar-refractivity contribution is 0.524. The van der Waals surface area contributed by atoms with Crippen molar-refractivity contribution in [2.24, 2.45) is 0 Å². The van der Waals surface area contributed by atoms with Crippen LogP contribution in [0.2, 0.25) is 0 Å². The van der Waals surface area contributed by atoms with Gasteiger partial charge in [0, 0.05) is 0 Å². The molecule has 3 aromatic carbocycles. The molecular formula is C20H17N3. The fourth-order valence-electron chi connectivity index (χ4n) is 2.96. The molecule has 0 fully saturated rings. The molecule has 112 valence electrons. The van der Waals surface area contributed by atoms with Gasteiger partial charge in [-0.3, -0.25) is 0 Å². The van der Waals surface area contributed by atoms with Crippen molar-refractivity contribution in [1.29, 1.82) is 0 Å². The average Bonchev–Trinajstić information content (AvgIpc) is 3.01. The number of fused-ring (bicyclic) bond motifs is 1. The van der Waals surface area contributed by atoms with E-state index in [1.54, 1.807) is 0 Å². The van der Waals surface area contributed by atoms with Gasteiger partial charge in [-0.25, -0.2) is 0 Å². The minimum Gasteiger partial charge on any atom is -0.172 e. The first kappa shape index (κ1) is 13.7. The molecule has 4 aromatic rings. The molecule has 1 heterocycles. The third-order valence-electron chi connectivity index (χ3n) is 4.13. The molecule has 1 unspecified atom stereocenters. The Morgan fingerprint density at radius 1 is 0.696 bits per heavy atom. The van der Waals surface area contributed by atoms with E-state index in [1.165, 1.54) is 16.7 Å². The van der Waals surface area contributed by atoms with Crippen LogP contribution in [0, 0.1) is 6.92 Å². The van der Waals surface area contributed by atoms with Crippen LogP contribution in [0.5, 0.6) is 0 Å². The highest BCUT2D eigenvalue weighted by Crippen LogP contribution is 2.28. The first-order valence-electron chi connectivity index (χ1n) is 7.75. The molecule has 3 nitrogen and oxygen atoms in total. The Labute approximate surface area is 135 Å². The number of hydrogen-bond donors (Lipinski definition) is 0. The van der Waals surface area contributed by atoms with E-state index in [0.29, 0.717) is 0 Å². The topological polar surface area (TPSA) is 30.7 Å². The van der Waals surface area contributed by atoms with Crippen LogP contribution in [-0.2, 0) is 0 Å². The SMILES string of the molecule is Cc1ccccc1C(c1ccccc1)n1nc2ccccc2n1. The summed E-state index contributed by atoms with van der Waals surface area (Å²) in [5, 5.41) is 9.42. The fraction of sp³-hybridized carbons (Fsp3) is 0.100. The summed E-state index contributed by atoms with van der Waals surface area (Å²) in [7, 11) is 0. The molecule has 1 atom stereocenters. The molecule has 0 N–H and O–H groups in total. The van der Waals surface area contributed by atoms with Gasteiger partial charge in [0.1, 0.15) is 17.1 Å². The van der Waals surface area contributed by atoms with E-state index in [9.17, 15) is 0 Å². The zero-order valence-electron chi connectivity index (χ0n) is 12.9. The van der Waals surface area contributed by atoms with Gasteiger partial charge in [-0.2, -0.15) is 15.0 Å². The Morgan fingerprint density at radius 2 is 1.26 bits per heavy atom. The van der Waals surface area contributed by atoms with Crippen molar-refractivity contribution in [2.75, 3.05) is 0 Å². The van der Waals surface area contributed by atoms with E-state index >= 15 is 0 Å². The van der Waals surface area contributed by atoms with Crippen molar-refractivity contribution in [2.45, 2.75) is 13.0 Å². The molecule has 0 aliphatic carbocycles. The van der Waals surface area contributed by atoms with Crippen LogP contribution in [-0.4, -0.2) is 15.0 Å². The predicted molar refractivity (Wildman–Crippen MR) is 92.4 cm³/mol. The number of aromatic nitrogens is 3. The molecule has 0 spiro atoms. The van der Waals surface area contributed by atoms with Crippen molar-refractivity contribution in [3.63, 3.8) is 0 Å². The monoisotopic (exact) mass is 299 g/mol. The van der Waals surface area contributed by atoms with E-state index in [-0.39, 0.29) is 6.04 Å². The minimum atomic E-state index is -0.0233. The van der Waals surface area contributed by atoms with Crippen LogP contribution in [0.25, 0.3) is 11.0 Å². The molecule has 0 bridgehead atoms. The highest BCUT2D eigenvalue weighted by atomic mass is 15.5. The second-order valence-electron chi connectivity index (χ2n) is 5.68. The van der Waals surface area contributed by atoms with Crippen molar-refractivity contribution < 1.29 is 0 Å². The predicted octanol–water partition coefficient (Wildman–Crippen LogP) is 4.38. The maximum atomic E-state index is 4.71. The van der Waals surface area contributed by atoms with E-state index in [4.69, 9.17) is 10.2 Å². The number of nitrogens with zero attached hydrogens (tertiary/aromatic N) is 3. The molecular weight excluding hydrogens is 282 g/mol. The average molecular weight is 299 g/mol. The van der Waals surface area contributed by atoms with E-state index < -0.39 is 0 Å². The Hall–Kier alpha value is -2.94. The van der Waals surface area contributed by atoms with Gasteiger partial charge in [0.2, 0.25) is 0 Å². The lowest BCUT2D eigenvalue weighted by atomic mass is 9.95. The van der Waals surface area contributed by atoms with Crippen LogP contribution in [0.4, 0.5) is 0 Å². The van der Waals surface area contributed by atoms with E-state index in [0.717, 1.165) is 11.0 Å². The van der Waals surface area contributed by atoms with Crippen LogP contribution < -0.4 is 0 Å². The third kappa shape index (κ3) is 2.50. The lowest BCUT2D eigenvalue weighted by Crippen LogP contribution is -2.16. The van der Waals surface area contributed by atoms with Crippen LogP contribution >= 0.6 is 0 Å². The third-order valence-corrected chi connectivity index (χ3v) is 4.13. The van der Waals surface area contributed by atoms with Gasteiger partial charge in [0.15, 0.2) is 0 Å². The highest BCUT2D eigenvalue weighted by Gasteiger charge is 2.20. The Bertz CT molecular complexity index is 908. The van der Waals surface area contributed by atoms with Crippen LogP contribution in [0.1, 0.15) is 22.7 Å². The van der Waals surface area contributed by atoms with Crippen molar-refractivity contribution in [3.8, 4) is 0 Å². The molecule has 0 saturated carbocycles. The second kappa shape index (κ2) is 5.69. The maximum Gasteiger partial charge on any atom is 0.122 e. The zero-order chi connectivity index (χ0) is 15.6. The summed E-state index contributed by atoms with van der Waals surface area (Å²) < 4.78 is 0. The molecule has 0 saturated heterocycles. The molecule has 1 aromatic heterocycles. The minimum absolute atomic E-state index is 0.0233. The smallest absolute Gasteiger partial charge is 0.122 e. The number of rotatable bonds is 3. The van der Waals surface area contributed by atoms with Gasteiger partial charge in [0.25, 0.3) is 0 Å². The maximum absolute atomic E-state index is 4.71. The molecule has 4 rings (SSSR count). The number of benzene rings is 3. The van der Waals surface area contributed by atoms with Gasteiger partial charge in [-0.1, -0.05) is 66.7 Å². The highest BCUT2D eigenvalue weighted by molar-refractivity contribution is 5.73. The summed E-state index contributed by atoms with van der Waals surface area (Å²) in [6.45, 7) is 2.13. The summed E-state index contributed by atoms with van der Waals surface area (Å²) in [5.74, 6) is 0. The van der Waals surface area contributed by atoms with E-state index in [1.807, 2.05) is 35.1 Å². The van der Waals surface area contributed by atoms with E-state index in [2.05, 4.69) is 55.5 Å². The summed E-state index contributed by atoms with van der Waals surface area (Å²) in [6, 6.07) is 26.8. The molecule has 23 heavy (non-hydrogen) atoms. The molecule has 0 aliphatic rings. The Kier molecular flexibility index (Phi) is 3.39. The largest absolute Gasteiger partial charge is 0.172 e. The molecule has 0 aliphatic heterocycles. The molecule has 0 amide bonds. The number of aryl methyl sites for hydroxylation is 1. The molecule has 0 radical (unpaired) electrons. The van der Waals surface area contributed by atoms with Gasteiger partial charge in [-0.15, -0.1) is 0 Å². The quantitative estimate of drug-likeness (QED) is 0.562. The zero-order valence-corrected chi connectivity index (χ0v) is 12.9. The van der Waals surface area contributed by atoms with Crippen molar-refractivity contribution in [1.82, 2.24) is 15.0 Å². The first-order valence-corrected chi connectivity index (χ1v) is 7.75. The first-order chi connectivity index (χ1) is 11.3. The van der Waals surface area contributed by atoms with Gasteiger partial charge >= 0.3 is 0 Å². The Morgan fingerprint density at radius 3 is 1.91 bits per heavy atom. The van der Waals surface area contributed by atoms with Gasteiger partial charge < -0.3 is 0 Å². The summed E-state index contributed by atoms with van der Waals surface area (Å²) in [5.41, 5.74) is 5.48. The van der Waals surface area contributed by atoms with Crippen molar-refractivity contribution >= 4 is 11.0 Å². The number of hydrogen-bond acceptors (Lipinski definition) is 2. The Balaban J connectivity index is 1.93. The molecule has 3 heteroatoms. The normalized spacial score (nSPS) is 12.4. The summed E-state index contributed by atoms with van der Waals surface area (Å²) in [6.07, 6.45) is 0. The lowest BCUT2D eigenvalue weighted by Gasteiger charge is -2.19. The van der Waals surface area contributed by atoms with Gasteiger partial charge in [-0.05, 0) is 35.7 Å². The standard InChI is InChI=1S/C20H17N3/c1-15-9-5-6-12-17(15)20(16-10-3-2-4-11-16)23-21-18-13-7-8-14-19(18)22-23/h2-14,20H,1H3. The van der Waals surface area contributed by atoms with Crippen molar-refractivity contribution in [3.05, 3.63) is 95.6 Å². The fourth-order valence-corrected chi connectivity index (χ4v) is 2.96. The van der Waals surface area contributed by atoms with Crippen LogP contribution in [0.3, 0.4) is 0 Å². The summed E-state index contributed by atoms with van der Waals surface area (Å²) in [4.78, 5) is 1.84. The van der Waals surface area contributed by atoms with Gasteiger partial charge in [0.05, 0.1) is 0 Å².